The Balaban J connectivity index is 1.92. The second-order valence-corrected chi connectivity index (χ2v) is 6.16. The third-order valence-electron chi connectivity index (χ3n) is 4.24. The van der Waals surface area contributed by atoms with E-state index in [1.165, 1.54) is 11.9 Å². The number of likely N-dealkylation sites (N-methyl/N-ethyl adjacent to an activating group) is 1. The van der Waals surface area contributed by atoms with Gasteiger partial charge in [0.2, 0.25) is 11.8 Å². The van der Waals surface area contributed by atoms with Crippen LogP contribution in [0.3, 0.4) is 0 Å². The SMILES string of the molecule is CN(CC(N)=O)C(=O)[C@H]1OCC(=O)N(C2CC2)[C@@H]1c1cccnc1. The highest BCUT2D eigenvalue weighted by atomic mass is 16.5. The van der Waals surface area contributed by atoms with Crippen LogP contribution in [0.5, 0.6) is 0 Å². The number of morpholine rings is 1. The normalized spacial score (nSPS) is 23.9. The number of carbonyl (C=O) groups is 3. The molecule has 3 rings (SSSR count). The van der Waals surface area contributed by atoms with Crippen molar-refractivity contribution < 1.29 is 19.1 Å². The van der Waals surface area contributed by atoms with Crippen molar-refractivity contribution in [1.82, 2.24) is 14.8 Å². The maximum absolute atomic E-state index is 12.7. The van der Waals surface area contributed by atoms with Crippen LogP contribution in [0.25, 0.3) is 0 Å². The van der Waals surface area contributed by atoms with E-state index < -0.39 is 18.1 Å². The number of nitrogens with zero attached hydrogens (tertiary/aromatic N) is 3. The number of nitrogens with two attached hydrogens (primary N) is 1. The van der Waals surface area contributed by atoms with Crippen molar-refractivity contribution in [3.63, 3.8) is 0 Å². The summed E-state index contributed by atoms with van der Waals surface area (Å²) in [7, 11) is 1.49. The number of aromatic nitrogens is 1. The van der Waals surface area contributed by atoms with Crippen molar-refractivity contribution in [2.45, 2.75) is 31.0 Å². The van der Waals surface area contributed by atoms with Gasteiger partial charge in [-0.2, -0.15) is 0 Å². The minimum absolute atomic E-state index is 0.128. The van der Waals surface area contributed by atoms with Gasteiger partial charge in [-0.05, 0) is 24.5 Å². The van der Waals surface area contributed by atoms with E-state index in [2.05, 4.69) is 4.98 Å². The molecule has 2 atom stereocenters. The van der Waals surface area contributed by atoms with Gasteiger partial charge >= 0.3 is 0 Å². The molecule has 24 heavy (non-hydrogen) atoms. The van der Waals surface area contributed by atoms with E-state index >= 15 is 0 Å². The van der Waals surface area contributed by atoms with E-state index in [0.29, 0.717) is 0 Å². The summed E-state index contributed by atoms with van der Waals surface area (Å²) in [4.78, 5) is 43.3. The molecule has 0 spiro atoms. The lowest BCUT2D eigenvalue weighted by Crippen LogP contribution is -2.56. The lowest BCUT2D eigenvalue weighted by molar-refractivity contribution is -0.170. The summed E-state index contributed by atoms with van der Waals surface area (Å²) in [5, 5.41) is 0. The summed E-state index contributed by atoms with van der Waals surface area (Å²) in [6.45, 7) is -0.343. The molecule has 2 N–H and O–H groups in total. The summed E-state index contributed by atoms with van der Waals surface area (Å²) in [6, 6.07) is 3.16. The van der Waals surface area contributed by atoms with Gasteiger partial charge in [-0.1, -0.05) is 6.07 Å². The maximum Gasteiger partial charge on any atom is 0.254 e. The molecule has 2 fully saturated rings. The van der Waals surface area contributed by atoms with Gasteiger partial charge < -0.3 is 20.3 Å². The summed E-state index contributed by atoms with van der Waals surface area (Å²) in [6.07, 6.45) is 4.22. The number of amides is 3. The first-order chi connectivity index (χ1) is 11.5. The Morgan fingerprint density at radius 3 is 2.79 bits per heavy atom. The van der Waals surface area contributed by atoms with Gasteiger partial charge in [0.25, 0.3) is 5.91 Å². The molecule has 1 saturated heterocycles. The maximum atomic E-state index is 12.7. The fraction of sp³-hybridized carbons (Fsp3) is 0.500. The number of hydrogen-bond donors (Lipinski definition) is 1. The molecule has 2 heterocycles. The number of primary amides is 1. The Hall–Kier alpha value is -2.48. The summed E-state index contributed by atoms with van der Waals surface area (Å²) < 4.78 is 5.57. The zero-order chi connectivity index (χ0) is 17.3. The Morgan fingerprint density at radius 2 is 2.21 bits per heavy atom. The zero-order valence-electron chi connectivity index (χ0n) is 13.4. The Labute approximate surface area is 139 Å². The van der Waals surface area contributed by atoms with Gasteiger partial charge in [0, 0.05) is 25.5 Å². The van der Waals surface area contributed by atoms with Crippen molar-refractivity contribution >= 4 is 17.7 Å². The Bertz CT molecular complexity index is 647. The topological polar surface area (TPSA) is 106 Å². The molecule has 1 aromatic rings. The van der Waals surface area contributed by atoms with Gasteiger partial charge in [-0.25, -0.2) is 0 Å². The van der Waals surface area contributed by atoms with Gasteiger partial charge in [-0.15, -0.1) is 0 Å². The number of ether oxygens (including phenoxy) is 1. The standard InChI is InChI=1S/C16H20N4O4/c1-19(8-12(17)21)16(23)15-14(10-3-2-6-18-7-10)20(11-4-5-11)13(22)9-24-15/h2-3,6-7,11,14-15H,4-5,8-9H2,1H3,(H2,17,21)/t14-,15+/m1/s1. The molecule has 3 amide bonds. The minimum Gasteiger partial charge on any atom is -0.368 e. The fourth-order valence-corrected chi connectivity index (χ4v) is 3.03. The van der Waals surface area contributed by atoms with Crippen LogP contribution in [0.4, 0.5) is 0 Å². The number of hydrogen-bond acceptors (Lipinski definition) is 5. The highest BCUT2D eigenvalue weighted by molar-refractivity contribution is 5.89. The first kappa shape index (κ1) is 16.4. The van der Waals surface area contributed by atoms with E-state index in [4.69, 9.17) is 10.5 Å². The molecule has 8 nitrogen and oxygen atoms in total. The average molecular weight is 332 g/mol. The summed E-state index contributed by atoms with van der Waals surface area (Å²) in [5.41, 5.74) is 5.91. The van der Waals surface area contributed by atoms with E-state index in [9.17, 15) is 14.4 Å². The number of pyridine rings is 1. The van der Waals surface area contributed by atoms with Crippen LogP contribution in [-0.4, -0.2) is 64.9 Å². The molecule has 1 aromatic heterocycles. The largest absolute Gasteiger partial charge is 0.368 e. The second kappa shape index (κ2) is 6.56. The second-order valence-electron chi connectivity index (χ2n) is 6.16. The monoisotopic (exact) mass is 332 g/mol. The first-order valence-electron chi connectivity index (χ1n) is 7.85. The molecule has 0 unspecified atom stereocenters. The quantitative estimate of drug-likeness (QED) is 0.779. The van der Waals surface area contributed by atoms with Gasteiger partial charge in [0.1, 0.15) is 6.61 Å². The van der Waals surface area contributed by atoms with Crippen molar-refractivity contribution in [2.24, 2.45) is 5.73 Å². The predicted molar refractivity (Wildman–Crippen MR) is 83.4 cm³/mol. The molecule has 128 valence electrons. The molecule has 0 aromatic carbocycles. The molecule has 1 aliphatic carbocycles. The van der Waals surface area contributed by atoms with Crippen LogP contribution < -0.4 is 5.73 Å². The fourth-order valence-electron chi connectivity index (χ4n) is 3.03. The van der Waals surface area contributed by atoms with E-state index in [1.54, 1.807) is 23.4 Å². The highest BCUT2D eigenvalue weighted by Gasteiger charge is 2.48. The third kappa shape index (κ3) is 3.23. The van der Waals surface area contributed by atoms with Crippen LogP contribution in [0.2, 0.25) is 0 Å². The lowest BCUT2D eigenvalue weighted by atomic mass is 9.98. The Morgan fingerprint density at radius 1 is 1.46 bits per heavy atom. The van der Waals surface area contributed by atoms with Crippen LogP contribution in [0.1, 0.15) is 24.4 Å². The molecule has 1 saturated carbocycles. The zero-order valence-corrected chi connectivity index (χ0v) is 13.4. The van der Waals surface area contributed by atoms with Crippen molar-refractivity contribution in [3.8, 4) is 0 Å². The molecule has 0 radical (unpaired) electrons. The highest BCUT2D eigenvalue weighted by Crippen LogP contribution is 2.39. The molecular formula is C16H20N4O4. The number of rotatable bonds is 5. The van der Waals surface area contributed by atoms with E-state index in [1.807, 2.05) is 6.07 Å². The predicted octanol–water partition coefficient (Wildman–Crippen LogP) is -0.544. The molecule has 1 aliphatic heterocycles. The average Bonchev–Trinajstić information content (AvgIpc) is 3.38. The smallest absolute Gasteiger partial charge is 0.254 e. The van der Waals surface area contributed by atoms with Crippen molar-refractivity contribution in [1.29, 1.82) is 0 Å². The molecule has 2 aliphatic rings. The van der Waals surface area contributed by atoms with Crippen molar-refractivity contribution in [3.05, 3.63) is 30.1 Å². The number of carbonyl (C=O) groups excluding carboxylic acids is 3. The molecule has 8 heteroatoms. The van der Waals surface area contributed by atoms with E-state index in [-0.39, 0.29) is 31.0 Å². The molecule has 0 bridgehead atoms. The first-order valence-corrected chi connectivity index (χ1v) is 7.85. The van der Waals surface area contributed by atoms with Gasteiger partial charge in [-0.3, -0.25) is 19.4 Å². The van der Waals surface area contributed by atoms with Gasteiger partial charge in [0.05, 0.1) is 12.6 Å². The van der Waals surface area contributed by atoms with Gasteiger partial charge in [0.15, 0.2) is 6.10 Å². The van der Waals surface area contributed by atoms with Crippen LogP contribution >= 0.6 is 0 Å². The summed E-state index contributed by atoms with van der Waals surface area (Å²) in [5.74, 6) is -1.11. The summed E-state index contributed by atoms with van der Waals surface area (Å²) >= 11 is 0. The lowest BCUT2D eigenvalue weighted by Gasteiger charge is -2.41. The third-order valence-corrected chi connectivity index (χ3v) is 4.24. The minimum atomic E-state index is -0.878. The Kier molecular flexibility index (Phi) is 4.48. The van der Waals surface area contributed by atoms with Crippen LogP contribution in [0.15, 0.2) is 24.5 Å². The van der Waals surface area contributed by atoms with E-state index in [0.717, 1.165) is 18.4 Å². The molecular weight excluding hydrogens is 312 g/mol. The van der Waals surface area contributed by atoms with Crippen LogP contribution in [-0.2, 0) is 19.1 Å². The van der Waals surface area contributed by atoms with Crippen molar-refractivity contribution in [2.75, 3.05) is 20.2 Å². The van der Waals surface area contributed by atoms with Crippen LogP contribution in [0, 0.1) is 0 Å².